The first kappa shape index (κ1) is 19.0. The molecule has 0 saturated carbocycles. The molecular formula is C21H25BN2O. The van der Waals surface area contributed by atoms with Crippen molar-refractivity contribution in [1.82, 2.24) is 9.55 Å². The monoisotopic (exact) mass is 332 g/mol. The topological polar surface area (TPSA) is 38.0 Å². The van der Waals surface area contributed by atoms with Crippen molar-refractivity contribution < 1.29 is 5.11 Å². The molecule has 0 fully saturated rings. The van der Waals surface area contributed by atoms with E-state index in [2.05, 4.69) is 53.5 Å². The average Bonchev–Trinajstić information content (AvgIpc) is 3.07. The second-order valence-electron chi connectivity index (χ2n) is 5.90. The number of nitrogens with zero attached hydrogens (tertiary/aromatic N) is 2. The van der Waals surface area contributed by atoms with Crippen LogP contribution in [0.1, 0.15) is 29.2 Å². The van der Waals surface area contributed by atoms with Gasteiger partial charge in [-0.2, -0.15) is 0 Å². The van der Waals surface area contributed by atoms with Crippen LogP contribution < -0.4 is 0 Å². The van der Waals surface area contributed by atoms with Crippen molar-refractivity contribution in [2.24, 2.45) is 0 Å². The van der Waals surface area contributed by atoms with Gasteiger partial charge in [0.15, 0.2) is 0 Å². The van der Waals surface area contributed by atoms with Crippen LogP contribution in [0.2, 0.25) is 6.32 Å². The van der Waals surface area contributed by atoms with Crippen LogP contribution in [-0.4, -0.2) is 29.1 Å². The van der Waals surface area contributed by atoms with Gasteiger partial charge in [-0.05, 0) is 18.1 Å². The van der Waals surface area contributed by atoms with Crippen molar-refractivity contribution >= 4 is 7.85 Å². The second kappa shape index (κ2) is 10.5. The Bertz CT molecular complexity index is 674. The van der Waals surface area contributed by atoms with E-state index in [9.17, 15) is 0 Å². The van der Waals surface area contributed by atoms with Crippen molar-refractivity contribution in [3.8, 4) is 0 Å². The fourth-order valence-corrected chi connectivity index (χ4v) is 2.79. The third kappa shape index (κ3) is 5.91. The molecule has 1 aromatic heterocycles. The summed E-state index contributed by atoms with van der Waals surface area (Å²) in [6.45, 7) is 2.78. The summed E-state index contributed by atoms with van der Waals surface area (Å²) in [5.41, 5.74) is 3.78. The molecule has 1 heterocycles. The lowest BCUT2D eigenvalue weighted by molar-refractivity contribution is 0.275. The Morgan fingerprint density at radius 3 is 1.96 bits per heavy atom. The van der Waals surface area contributed by atoms with E-state index in [1.54, 1.807) is 12.5 Å². The lowest BCUT2D eigenvalue weighted by Gasteiger charge is -2.17. The van der Waals surface area contributed by atoms with Crippen LogP contribution >= 0.6 is 0 Å². The Balaban J connectivity index is 0.000000212. The maximum absolute atomic E-state index is 8.51. The first-order valence-corrected chi connectivity index (χ1v) is 8.63. The number of hydrogen-bond acceptors (Lipinski definition) is 2. The van der Waals surface area contributed by atoms with E-state index < -0.39 is 0 Å². The Morgan fingerprint density at radius 2 is 1.56 bits per heavy atom. The van der Waals surface area contributed by atoms with Crippen LogP contribution in [0.15, 0.2) is 73.2 Å². The van der Waals surface area contributed by atoms with Gasteiger partial charge in [-0.1, -0.05) is 73.4 Å². The fraction of sp³-hybridized carbons (Fsp3) is 0.286. The predicted octanol–water partition coefficient (Wildman–Crippen LogP) is 3.98. The largest absolute Gasteiger partial charge is 0.395 e. The van der Waals surface area contributed by atoms with E-state index in [1.165, 1.54) is 11.1 Å². The van der Waals surface area contributed by atoms with Gasteiger partial charge in [0.1, 0.15) is 0 Å². The molecule has 0 amide bonds. The Morgan fingerprint density at radius 1 is 1.00 bits per heavy atom. The highest BCUT2D eigenvalue weighted by Gasteiger charge is 2.11. The molecule has 128 valence electrons. The van der Waals surface area contributed by atoms with Gasteiger partial charge >= 0.3 is 0 Å². The third-order valence-electron chi connectivity index (χ3n) is 4.12. The maximum atomic E-state index is 8.51. The summed E-state index contributed by atoms with van der Waals surface area (Å²) in [7, 11) is 5.70. The molecule has 0 spiro atoms. The van der Waals surface area contributed by atoms with Crippen molar-refractivity contribution in [2.45, 2.75) is 32.1 Å². The van der Waals surface area contributed by atoms with E-state index in [1.807, 2.05) is 23.6 Å². The summed E-state index contributed by atoms with van der Waals surface area (Å²) in [5, 5.41) is 8.51. The maximum Gasteiger partial charge on any atom is 0.0948 e. The summed E-state index contributed by atoms with van der Waals surface area (Å²) in [5.74, 6) is 0.424. The van der Waals surface area contributed by atoms with Crippen molar-refractivity contribution in [3.05, 3.63) is 90.0 Å². The van der Waals surface area contributed by atoms with E-state index >= 15 is 0 Å². The Hall–Kier alpha value is -2.33. The van der Waals surface area contributed by atoms with E-state index in [0.717, 1.165) is 12.1 Å². The Labute approximate surface area is 151 Å². The van der Waals surface area contributed by atoms with E-state index in [4.69, 9.17) is 13.0 Å². The molecule has 0 aliphatic rings. The zero-order valence-electron chi connectivity index (χ0n) is 14.8. The zero-order chi connectivity index (χ0) is 17.9. The summed E-state index contributed by atoms with van der Waals surface area (Å²) >= 11 is 0. The number of aliphatic hydroxyl groups excluding tert-OH is 1. The van der Waals surface area contributed by atoms with Crippen LogP contribution in [0, 0.1) is 6.92 Å². The molecule has 0 bridgehead atoms. The number of rotatable bonds is 6. The minimum atomic E-state index is 0.178. The molecule has 0 aliphatic heterocycles. The molecule has 3 aromatic rings. The van der Waals surface area contributed by atoms with E-state index in [0.29, 0.717) is 18.8 Å². The van der Waals surface area contributed by atoms with Gasteiger partial charge in [0.25, 0.3) is 0 Å². The number of benzene rings is 2. The summed E-state index contributed by atoms with van der Waals surface area (Å²) in [6.07, 6.45) is 5.20. The van der Waals surface area contributed by atoms with Crippen LogP contribution in [0.4, 0.5) is 0 Å². The number of aromatic nitrogens is 2. The van der Waals surface area contributed by atoms with Gasteiger partial charge < -0.3 is 9.67 Å². The number of imidazole rings is 1. The predicted molar refractivity (Wildman–Crippen MR) is 104 cm³/mol. The molecular weight excluding hydrogens is 307 g/mol. The smallest absolute Gasteiger partial charge is 0.0948 e. The first-order chi connectivity index (χ1) is 12.3. The Kier molecular flexibility index (Phi) is 8.00. The third-order valence-corrected chi connectivity index (χ3v) is 4.12. The lowest BCUT2D eigenvalue weighted by Crippen LogP contribution is -2.01. The van der Waals surface area contributed by atoms with Gasteiger partial charge in [-0.15, -0.1) is 0 Å². The van der Waals surface area contributed by atoms with Crippen molar-refractivity contribution in [3.63, 3.8) is 0 Å². The molecule has 1 N–H and O–H groups in total. The highest BCUT2D eigenvalue weighted by molar-refractivity contribution is 6.08. The van der Waals surface area contributed by atoms with Crippen molar-refractivity contribution in [2.75, 3.05) is 6.61 Å². The van der Waals surface area contributed by atoms with Crippen LogP contribution in [0.25, 0.3) is 0 Å². The average molecular weight is 332 g/mol. The molecule has 2 aromatic carbocycles. The minimum Gasteiger partial charge on any atom is -0.395 e. The molecule has 0 unspecified atom stereocenters. The van der Waals surface area contributed by atoms with Gasteiger partial charge in [0.2, 0.25) is 0 Å². The van der Waals surface area contributed by atoms with Gasteiger partial charge in [-0.25, -0.2) is 4.98 Å². The summed E-state index contributed by atoms with van der Waals surface area (Å²) in [4.78, 5) is 3.89. The molecule has 3 nitrogen and oxygen atoms in total. The highest BCUT2D eigenvalue weighted by Crippen LogP contribution is 2.28. The van der Waals surface area contributed by atoms with Crippen LogP contribution in [0.5, 0.6) is 0 Å². The molecule has 0 aliphatic carbocycles. The molecule has 3 rings (SSSR count). The zero-order valence-corrected chi connectivity index (χ0v) is 14.8. The summed E-state index contributed by atoms with van der Waals surface area (Å²) in [6, 6.07) is 21.1. The number of aryl methyl sites for hydroxylation is 1. The standard InChI is InChI=1S/C15H15B.C6H10N2O/c16-12-11-15(13-7-3-1-4-8-13)14-9-5-2-6-10-14;1-6-4-7-5-8(6)2-3-9/h1-10,15H,11-12H2;4-5,9H,2-3H2,1H3. The first-order valence-electron chi connectivity index (χ1n) is 8.63. The molecule has 0 saturated heterocycles. The molecule has 4 heteroatoms. The van der Waals surface area contributed by atoms with Crippen molar-refractivity contribution in [1.29, 1.82) is 0 Å². The van der Waals surface area contributed by atoms with Gasteiger partial charge in [-0.3, -0.25) is 0 Å². The summed E-state index contributed by atoms with van der Waals surface area (Å²) < 4.78 is 1.90. The lowest BCUT2D eigenvalue weighted by atomic mass is 9.84. The highest BCUT2D eigenvalue weighted by atomic mass is 16.3. The second-order valence-corrected chi connectivity index (χ2v) is 5.90. The minimum absolute atomic E-state index is 0.178. The SMILES string of the molecule is Cc1cncn1CCO.[B]CCC(c1ccccc1)c1ccccc1. The molecule has 0 atom stereocenters. The molecule has 25 heavy (non-hydrogen) atoms. The van der Waals surface area contributed by atoms with Crippen LogP contribution in [-0.2, 0) is 6.54 Å². The fourth-order valence-electron chi connectivity index (χ4n) is 2.79. The number of hydrogen-bond donors (Lipinski definition) is 1. The quantitative estimate of drug-likeness (QED) is 0.694. The number of aliphatic hydroxyl groups is 1. The normalized spacial score (nSPS) is 10.4. The van der Waals surface area contributed by atoms with Gasteiger partial charge in [0, 0.05) is 24.4 Å². The van der Waals surface area contributed by atoms with E-state index in [-0.39, 0.29) is 6.61 Å². The van der Waals surface area contributed by atoms with Crippen LogP contribution in [0.3, 0.4) is 0 Å². The molecule has 2 radical (unpaired) electrons. The van der Waals surface area contributed by atoms with Gasteiger partial charge in [0.05, 0.1) is 20.8 Å².